The summed E-state index contributed by atoms with van der Waals surface area (Å²) < 4.78 is 72.9. The third-order valence-electron chi connectivity index (χ3n) is 6.20. The van der Waals surface area contributed by atoms with E-state index in [1.54, 1.807) is 0 Å². The summed E-state index contributed by atoms with van der Waals surface area (Å²) in [7, 11) is -3.68. The first kappa shape index (κ1) is 32.9. The zero-order valence-corrected chi connectivity index (χ0v) is 24.8. The van der Waals surface area contributed by atoms with Crippen molar-refractivity contribution in [3.63, 3.8) is 0 Å². The van der Waals surface area contributed by atoms with Crippen LogP contribution in [0.4, 0.5) is 0 Å². The molecule has 1 fully saturated rings. The highest BCUT2D eigenvalue weighted by Crippen LogP contribution is 2.32. The molecule has 16 nitrogen and oxygen atoms in total. The third-order valence-corrected chi connectivity index (χ3v) is 6.60. The van der Waals surface area contributed by atoms with Crippen LogP contribution in [0.25, 0.3) is 22.1 Å². The summed E-state index contributed by atoms with van der Waals surface area (Å²) in [6, 6.07) is 9.24. The minimum absolute atomic E-state index is 0.00314. The summed E-state index contributed by atoms with van der Waals surface area (Å²) in [5.74, 6) is -3.76. The number of carbonyl (C=O) groups is 4. The second-order valence-electron chi connectivity index (χ2n) is 9.46. The maximum atomic E-state index is 13.2. The van der Waals surface area contributed by atoms with Gasteiger partial charge in [-0.3, -0.25) is 23.7 Å². The number of fused-ring (bicyclic) bond motifs is 1. The second kappa shape index (κ2) is 13.3. The van der Waals surface area contributed by atoms with Crippen LogP contribution in [0.1, 0.15) is 20.8 Å². The molecule has 2 aromatic carbocycles. The number of hydrogen-bond donors (Lipinski definition) is 1. The van der Waals surface area contributed by atoms with Crippen molar-refractivity contribution in [2.75, 3.05) is 7.11 Å². The first-order valence-electron chi connectivity index (χ1n) is 12.9. The molecule has 1 aromatic heterocycles. The first-order chi connectivity index (χ1) is 21.2. The lowest BCUT2D eigenvalue weighted by molar-refractivity contribution is -0.282. The van der Waals surface area contributed by atoms with Crippen LogP contribution in [0.2, 0.25) is 0 Å². The molecule has 0 aliphatic carbocycles. The molecule has 0 spiro atoms. The molecule has 1 N–H and O–H groups in total. The molecular weight excluding hydrogens is 624 g/mol. The van der Waals surface area contributed by atoms with Gasteiger partial charge in [-0.2, -0.15) is 8.42 Å². The Labute approximate surface area is 254 Å². The Bertz CT molecular complexity index is 1780. The van der Waals surface area contributed by atoms with Crippen molar-refractivity contribution in [2.24, 2.45) is 0 Å². The molecule has 5 atom stereocenters. The fraction of sp³-hybridized carbons (Fsp3) is 0.321. The van der Waals surface area contributed by atoms with Crippen molar-refractivity contribution in [3.05, 3.63) is 59.0 Å². The molecule has 1 saturated heterocycles. The fourth-order valence-electron chi connectivity index (χ4n) is 4.50. The van der Waals surface area contributed by atoms with Gasteiger partial charge in [0.05, 0.1) is 18.1 Å². The molecule has 1 aliphatic heterocycles. The molecule has 17 heteroatoms. The smallest absolute Gasteiger partial charge is 0.446 e. The lowest BCUT2D eigenvalue weighted by Gasteiger charge is -2.43. The maximum absolute atomic E-state index is 13.2. The minimum Gasteiger partial charge on any atom is -0.467 e. The zero-order valence-electron chi connectivity index (χ0n) is 24.0. The van der Waals surface area contributed by atoms with Gasteiger partial charge < -0.3 is 37.0 Å². The monoisotopic (exact) mass is 650 g/mol. The number of esters is 4. The molecule has 0 amide bonds. The van der Waals surface area contributed by atoms with Gasteiger partial charge in [-0.05, 0) is 29.8 Å². The zero-order chi connectivity index (χ0) is 33.1. The van der Waals surface area contributed by atoms with Crippen LogP contribution in [-0.2, 0) is 53.3 Å². The predicted molar refractivity (Wildman–Crippen MR) is 148 cm³/mol. The van der Waals surface area contributed by atoms with Gasteiger partial charge in [0.1, 0.15) is 23.3 Å². The number of methoxy groups -OCH3 is 1. The molecule has 0 saturated carbocycles. The van der Waals surface area contributed by atoms with E-state index < -0.39 is 70.4 Å². The van der Waals surface area contributed by atoms with Crippen LogP contribution >= 0.6 is 0 Å². The molecule has 0 bridgehead atoms. The van der Waals surface area contributed by atoms with Crippen molar-refractivity contribution in [1.82, 2.24) is 0 Å². The SMILES string of the molecule is COC(=O)[C@H]1O[C@@H](Oc2ccc3c(=O)c(-c4ccc(OS(=O)(=O)O)cc4)coc3c2)[C@H](OC(C)=O)[C@@H](OC(C)=O)[C@@H]1OC(C)=O. The predicted octanol–water partition coefficient (Wildman–Crippen LogP) is 1.71. The number of rotatable bonds is 9. The van der Waals surface area contributed by atoms with Crippen molar-refractivity contribution in [1.29, 1.82) is 0 Å². The van der Waals surface area contributed by atoms with E-state index in [1.807, 2.05) is 0 Å². The van der Waals surface area contributed by atoms with Crippen molar-refractivity contribution in [3.8, 4) is 22.6 Å². The maximum Gasteiger partial charge on any atom is 0.446 e. The van der Waals surface area contributed by atoms with Crippen molar-refractivity contribution in [2.45, 2.75) is 51.5 Å². The van der Waals surface area contributed by atoms with Gasteiger partial charge in [0.25, 0.3) is 0 Å². The third kappa shape index (κ3) is 7.94. The molecule has 3 aromatic rings. The van der Waals surface area contributed by atoms with Crippen molar-refractivity contribution < 1.29 is 69.2 Å². The van der Waals surface area contributed by atoms with Gasteiger partial charge in [0.2, 0.25) is 12.4 Å². The van der Waals surface area contributed by atoms with E-state index in [4.69, 9.17) is 37.4 Å². The Morgan fingerprint density at radius 2 is 1.40 bits per heavy atom. The standard InChI is InChI=1S/C28H26O16S/c1-13(29)39-23-24(40-14(2)30)26(41-15(3)31)28(43-25(23)27(33)37-4)42-18-9-10-19-21(11-18)38-12-20(22(19)32)16-5-7-17(8-6-16)44-45(34,35)36/h5-12,23-26,28H,1-4H3,(H,34,35,36)/t23-,24-,25-,26+,28+/m0/s1. The van der Waals surface area contributed by atoms with Crippen LogP contribution in [-0.4, -0.2) is 74.7 Å². The molecule has 45 heavy (non-hydrogen) atoms. The topological polar surface area (TPSA) is 217 Å². The molecule has 0 radical (unpaired) electrons. The van der Waals surface area contributed by atoms with E-state index in [1.165, 1.54) is 42.5 Å². The molecule has 1 aliphatic rings. The quantitative estimate of drug-likeness (QED) is 0.198. The van der Waals surface area contributed by atoms with Crippen molar-refractivity contribution >= 4 is 45.2 Å². The highest BCUT2D eigenvalue weighted by atomic mass is 32.3. The van der Waals surface area contributed by atoms with Gasteiger partial charge in [-0.25, -0.2) is 4.79 Å². The summed E-state index contributed by atoms with van der Waals surface area (Å²) >= 11 is 0. The van der Waals surface area contributed by atoms with Gasteiger partial charge in [0, 0.05) is 26.8 Å². The molecule has 4 rings (SSSR count). The molecular formula is C28H26O16S. The summed E-state index contributed by atoms with van der Waals surface area (Å²) in [6.45, 7) is 3.16. The number of hydrogen-bond acceptors (Lipinski definition) is 15. The summed E-state index contributed by atoms with van der Waals surface area (Å²) in [5, 5.41) is 0.111. The first-order valence-corrected chi connectivity index (χ1v) is 14.3. The van der Waals surface area contributed by atoms with E-state index in [9.17, 15) is 32.4 Å². The van der Waals surface area contributed by atoms with Crippen LogP contribution in [0, 0.1) is 0 Å². The lowest BCUT2D eigenvalue weighted by atomic mass is 9.97. The van der Waals surface area contributed by atoms with E-state index in [0.29, 0.717) is 5.56 Å². The van der Waals surface area contributed by atoms with Crippen LogP contribution in [0.15, 0.2) is 57.9 Å². The number of carbonyl (C=O) groups excluding carboxylic acids is 4. The average molecular weight is 651 g/mol. The van der Waals surface area contributed by atoms with E-state index >= 15 is 0 Å². The Morgan fingerprint density at radius 1 is 0.822 bits per heavy atom. The highest BCUT2D eigenvalue weighted by molar-refractivity contribution is 7.81. The second-order valence-corrected chi connectivity index (χ2v) is 10.5. The Kier molecular flexibility index (Phi) is 9.75. The van der Waals surface area contributed by atoms with Gasteiger partial charge >= 0.3 is 34.3 Å². The van der Waals surface area contributed by atoms with E-state index in [2.05, 4.69) is 4.18 Å². The summed E-state index contributed by atoms with van der Waals surface area (Å²) in [4.78, 5) is 61.7. The highest BCUT2D eigenvalue weighted by Gasteiger charge is 2.55. The Hall–Kier alpha value is -5.00. The molecule has 0 unspecified atom stereocenters. The Morgan fingerprint density at radius 3 is 1.98 bits per heavy atom. The van der Waals surface area contributed by atoms with E-state index in [-0.39, 0.29) is 28.0 Å². The summed E-state index contributed by atoms with van der Waals surface area (Å²) in [6.07, 6.45) is -6.83. The number of benzene rings is 2. The minimum atomic E-state index is -4.73. The lowest BCUT2D eigenvalue weighted by Crippen LogP contribution is -2.64. The average Bonchev–Trinajstić information content (AvgIpc) is 2.94. The summed E-state index contributed by atoms with van der Waals surface area (Å²) in [5.41, 5.74) is 0.0390. The van der Waals surface area contributed by atoms with Gasteiger partial charge in [0.15, 0.2) is 23.7 Å². The number of ether oxygens (including phenoxy) is 6. The normalized spacial score (nSPS) is 21.3. The van der Waals surface area contributed by atoms with Gasteiger partial charge in [-0.1, -0.05) is 12.1 Å². The largest absolute Gasteiger partial charge is 0.467 e. The van der Waals surface area contributed by atoms with Crippen LogP contribution < -0.4 is 14.3 Å². The fourth-order valence-corrected chi connectivity index (χ4v) is 4.86. The van der Waals surface area contributed by atoms with Crippen LogP contribution in [0.3, 0.4) is 0 Å². The van der Waals surface area contributed by atoms with Gasteiger partial charge in [-0.15, -0.1) is 0 Å². The Balaban J connectivity index is 1.68. The van der Waals surface area contributed by atoms with Crippen LogP contribution in [0.5, 0.6) is 11.5 Å². The molecule has 240 valence electrons. The van der Waals surface area contributed by atoms with E-state index in [0.717, 1.165) is 34.1 Å². The molecule has 2 heterocycles.